The molecule has 0 saturated carbocycles. The van der Waals surface area contributed by atoms with Crippen LogP contribution in [0.15, 0.2) is 72.8 Å². The Morgan fingerprint density at radius 2 is 1.64 bits per heavy atom. The number of amides is 1. The van der Waals surface area contributed by atoms with Gasteiger partial charge in [0.25, 0.3) is 0 Å². The Morgan fingerprint density at radius 3 is 2.44 bits per heavy atom. The molecule has 0 saturated heterocycles. The third-order valence-corrected chi connectivity index (χ3v) is 4.35. The second kappa shape index (κ2) is 8.45. The highest BCUT2D eigenvalue weighted by Crippen LogP contribution is 2.15. The Labute approximate surface area is 149 Å². The van der Waals surface area contributed by atoms with E-state index in [0.717, 1.165) is 12.1 Å². The van der Waals surface area contributed by atoms with Gasteiger partial charge in [-0.05, 0) is 34.9 Å². The fraction of sp³-hybridized carbons (Fsp3) is 0.227. The Bertz CT molecular complexity index is 830. The van der Waals surface area contributed by atoms with Gasteiger partial charge in [0.05, 0.1) is 6.04 Å². The third-order valence-electron chi connectivity index (χ3n) is 4.35. The molecule has 1 amide bonds. The van der Waals surface area contributed by atoms with Gasteiger partial charge >= 0.3 is 0 Å². The van der Waals surface area contributed by atoms with Gasteiger partial charge in [-0.3, -0.25) is 4.79 Å². The monoisotopic (exact) mass is 332 g/mol. The summed E-state index contributed by atoms with van der Waals surface area (Å²) in [6.07, 6.45) is 0.477. The smallest absolute Gasteiger partial charge is 0.221 e. The molecule has 3 rings (SSSR count). The first kappa shape index (κ1) is 17.2. The summed E-state index contributed by atoms with van der Waals surface area (Å²) in [7, 11) is 0. The first-order chi connectivity index (χ1) is 12.2. The van der Waals surface area contributed by atoms with Crippen molar-refractivity contribution in [3.8, 4) is 0 Å². The maximum absolute atomic E-state index is 12.1. The summed E-state index contributed by atoms with van der Waals surface area (Å²) in [5.41, 5.74) is 2.36. The van der Waals surface area contributed by atoms with Crippen molar-refractivity contribution in [2.75, 3.05) is 6.54 Å². The lowest BCUT2D eigenvalue weighted by Crippen LogP contribution is -2.29. The minimum absolute atomic E-state index is 0.0363. The molecule has 25 heavy (non-hydrogen) atoms. The molecular formula is C22H24N2O. The van der Waals surface area contributed by atoms with Crippen molar-refractivity contribution in [3.63, 3.8) is 0 Å². The zero-order chi connectivity index (χ0) is 17.5. The van der Waals surface area contributed by atoms with Crippen molar-refractivity contribution in [2.45, 2.75) is 25.9 Å². The molecule has 0 fully saturated rings. The number of hydrogen-bond acceptors (Lipinski definition) is 2. The molecule has 0 aliphatic heterocycles. The minimum Gasteiger partial charge on any atom is -0.350 e. The lowest BCUT2D eigenvalue weighted by molar-refractivity contribution is -0.121. The van der Waals surface area contributed by atoms with E-state index in [0.29, 0.717) is 13.0 Å². The van der Waals surface area contributed by atoms with Gasteiger partial charge in [0.1, 0.15) is 0 Å². The largest absolute Gasteiger partial charge is 0.350 e. The van der Waals surface area contributed by atoms with Crippen LogP contribution < -0.4 is 10.6 Å². The maximum Gasteiger partial charge on any atom is 0.221 e. The Kier molecular flexibility index (Phi) is 5.81. The molecule has 3 nitrogen and oxygen atoms in total. The van der Waals surface area contributed by atoms with E-state index in [2.05, 4.69) is 53.1 Å². The summed E-state index contributed by atoms with van der Waals surface area (Å²) in [5, 5.41) is 8.89. The summed E-state index contributed by atoms with van der Waals surface area (Å²) >= 11 is 0. The van der Waals surface area contributed by atoms with Gasteiger partial charge in [-0.25, -0.2) is 0 Å². The molecule has 0 aliphatic carbocycles. The second-order valence-corrected chi connectivity index (χ2v) is 6.31. The predicted octanol–water partition coefficient (Wildman–Crippen LogP) is 4.20. The van der Waals surface area contributed by atoms with E-state index in [4.69, 9.17) is 0 Å². The van der Waals surface area contributed by atoms with Crippen molar-refractivity contribution in [3.05, 3.63) is 83.9 Å². The molecule has 0 aliphatic rings. The van der Waals surface area contributed by atoms with Crippen LogP contribution in [0.25, 0.3) is 10.8 Å². The first-order valence-electron chi connectivity index (χ1n) is 8.75. The summed E-state index contributed by atoms with van der Waals surface area (Å²) in [5.74, 6) is 0.0716. The number of hydrogen-bond donors (Lipinski definition) is 2. The zero-order valence-corrected chi connectivity index (χ0v) is 14.5. The molecule has 0 bridgehead atoms. The molecule has 0 spiro atoms. The van der Waals surface area contributed by atoms with E-state index in [-0.39, 0.29) is 11.9 Å². The van der Waals surface area contributed by atoms with Gasteiger partial charge in [-0.15, -0.1) is 0 Å². The Hall–Kier alpha value is -2.65. The van der Waals surface area contributed by atoms with E-state index in [1.165, 1.54) is 16.3 Å². The first-order valence-corrected chi connectivity index (χ1v) is 8.75. The van der Waals surface area contributed by atoms with Gasteiger partial charge in [-0.1, -0.05) is 66.7 Å². The quantitative estimate of drug-likeness (QED) is 0.637. The maximum atomic E-state index is 12.1. The van der Waals surface area contributed by atoms with E-state index in [9.17, 15) is 4.79 Å². The molecule has 1 unspecified atom stereocenters. The Balaban J connectivity index is 1.42. The van der Waals surface area contributed by atoms with Gasteiger partial charge in [-0.2, -0.15) is 0 Å². The van der Waals surface area contributed by atoms with Crippen molar-refractivity contribution in [2.24, 2.45) is 0 Å². The van der Waals surface area contributed by atoms with Gasteiger partial charge < -0.3 is 10.6 Å². The normalized spacial score (nSPS) is 12.0. The fourth-order valence-corrected chi connectivity index (χ4v) is 2.92. The van der Waals surface area contributed by atoms with Crippen molar-refractivity contribution in [1.29, 1.82) is 0 Å². The van der Waals surface area contributed by atoms with Crippen LogP contribution >= 0.6 is 0 Å². The van der Waals surface area contributed by atoms with E-state index < -0.39 is 0 Å². The number of rotatable bonds is 7. The highest BCUT2D eigenvalue weighted by molar-refractivity contribution is 5.83. The molecular weight excluding hydrogens is 308 g/mol. The fourth-order valence-electron chi connectivity index (χ4n) is 2.92. The van der Waals surface area contributed by atoms with Crippen LogP contribution in [-0.2, 0) is 11.3 Å². The van der Waals surface area contributed by atoms with Crippen LogP contribution in [-0.4, -0.2) is 12.5 Å². The van der Waals surface area contributed by atoms with Gasteiger partial charge in [0, 0.05) is 19.5 Å². The highest BCUT2D eigenvalue weighted by Gasteiger charge is 2.08. The molecule has 2 N–H and O–H groups in total. The zero-order valence-electron chi connectivity index (χ0n) is 14.5. The van der Waals surface area contributed by atoms with Gasteiger partial charge in [0.2, 0.25) is 5.91 Å². The Morgan fingerprint density at radius 1 is 0.920 bits per heavy atom. The summed E-state index contributed by atoms with van der Waals surface area (Å²) in [6, 6.07) is 24.9. The average molecular weight is 332 g/mol. The number of carbonyl (C=O) groups excluding carboxylic acids is 1. The number of fused-ring (bicyclic) bond motifs is 1. The van der Waals surface area contributed by atoms with E-state index >= 15 is 0 Å². The number of benzene rings is 3. The van der Waals surface area contributed by atoms with Crippen LogP contribution in [0.1, 0.15) is 30.5 Å². The molecule has 3 aromatic carbocycles. The van der Waals surface area contributed by atoms with Crippen LogP contribution in [0.5, 0.6) is 0 Å². The molecule has 128 valence electrons. The summed E-state index contributed by atoms with van der Waals surface area (Å²) < 4.78 is 0. The standard InChI is InChI=1S/C22H24N2O/c1-17(19-7-3-2-4-8-19)24-22(25)13-14-23-16-18-11-12-20-9-5-6-10-21(20)15-18/h2-12,15,17,23H,13-14,16H2,1H3,(H,24,25). The van der Waals surface area contributed by atoms with E-state index in [1.807, 2.05) is 37.3 Å². The SMILES string of the molecule is CC(NC(=O)CCNCc1ccc2ccccc2c1)c1ccccc1. The van der Waals surface area contributed by atoms with Crippen LogP contribution in [0.2, 0.25) is 0 Å². The second-order valence-electron chi connectivity index (χ2n) is 6.31. The van der Waals surface area contributed by atoms with Gasteiger partial charge in [0.15, 0.2) is 0 Å². The molecule has 0 heterocycles. The lowest BCUT2D eigenvalue weighted by atomic mass is 10.1. The topological polar surface area (TPSA) is 41.1 Å². The molecule has 3 heteroatoms. The summed E-state index contributed by atoms with van der Waals surface area (Å²) in [6.45, 7) is 3.45. The number of carbonyl (C=O) groups is 1. The third kappa shape index (κ3) is 4.91. The highest BCUT2D eigenvalue weighted by atomic mass is 16.1. The van der Waals surface area contributed by atoms with Crippen LogP contribution in [0, 0.1) is 0 Å². The van der Waals surface area contributed by atoms with Crippen molar-refractivity contribution >= 4 is 16.7 Å². The van der Waals surface area contributed by atoms with Crippen molar-refractivity contribution in [1.82, 2.24) is 10.6 Å². The molecule has 3 aromatic rings. The van der Waals surface area contributed by atoms with E-state index in [1.54, 1.807) is 0 Å². The van der Waals surface area contributed by atoms with Crippen LogP contribution in [0.3, 0.4) is 0 Å². The minimum atomic E-state index is 0.0363. The lowest BCUT2D eigenvalue weighted by Gasteiger charge is -2.14. The molecule has 1 atom stereocenters. The molecule has 0 radical (unpaired) electrons. The number of nitrogens with one attached hydrogen (secondary N) is 2. The van der Waals surface area contributed by atoms with Crippen molar-refractivity contribution < 1.29 is 4.79 Å². The van der Waals surface area contributed by atoms with Crippen LogP contribution in [0.4, 0.5) is 0 Å². The molecule has 0 aromatic heterocycles. The predicted molar refractivity (Wildman–Crippen MR) is 103 cm³/mol. The average Bonchev–Trinajstić information content (AvgIpc) is 2.66. The summed E-state index contributed by atoms with van der Waals surface area (Å²) in [4.78, 5) is 12.1.